The molecule has 1 amide bonds. The maximum absolute atomic E-state index is 11.2. The zero-order chi connectivity index (χ0) is 8.97. The van der Waals surface area contributed by atoms with Crippen molar-refractivity contribution in [2.45, 2.75) is 6.92 Å². The summed E-state index contributed by atoms with van der Waals surface area (Å²) in [6.07, 6.45) is 1.35. The van der Waals surface area contributed by atoms with Crippen molar-refractivity contribution in [3.8, 4) is 0 Å². The molecule has 66 valence electrons. The van der Waals surface area contributed by atoms with Crippen LogP contribution >= 0.6 is 0 Å². The molecule has 0 aliphatic heterocycles. The Morgan fingerprint density at radius 2 is 2.58 bits per heavy atom. The van der Waals surface area contributed by atoms with Crippen molar-refractivity contribution in [2.24, 2.45) is 0 Å². The molecule has 5 heteroatoms. The van der Waals surface area contributed by atoms with Gasteiger partial charge < -0.3 is 14.9 Å². The topological polar surface area (TPSA) is 75.4 Å². The van der Waals surface area contributed by atoms with Crippen LogP contribution in [0.25, 0.3) is 0 Å². The van der Waals surface area contributed by atoms with Crippen LogP contribution in [0.3, 0.4) is 0 Å². The van der Waals surface area contributed by atoms with E-state index in [9.17, 15) is 4.79 Å². The van der Waals surface area contributed by atoms with E-state index in [2.05, 4.69) is 10.5 Å². The third kappa shape index (κ3) is 1.82. The van der Waals surface area contributed by atoms with Crippen LogP contribution in [0.1, 0.15) is 16.1 Å². The maximum Gasteiger partial charge on any atom is 0.256 e. The number of aromatic nitrogens is 1. The highest BCUT2D eigenvalue weighted by Gasteiger charge is 2.11. The summed E-state index contributed by atoms with van der Waals surface area (Å²) in [7, 11) is 0. The molecule has 0 aliphatic rings. The lowest BCUT2D eigenvalue weighted by Gasteiger charge is -1.99. The van der Waals surface area contributed by atoms with Gasteiger partial charge in [-0.15, -0.1) is 0 Å². The number of carbonyl (C=O) groups excluding carboxylic acids is 1. The molecule has 0 spiro atoms. The number of hydrogen-bond donors (Lipinski definition) is 2. The summed E-state index contributed by atoms with van der Waals surface area (Å²) in [6.45, 7) is 1.82. The molecule has 1 aromatic heterocycles. The van der Waals surface area contributed by atoms with Crippen LogP contribution in [0.15, 0.2) is 10.7 Å². The minimum Gasteiger partial charge on any atom is -0.395 e. The first-order valence-corrected chi connectivity index (χ1v) is 3.56. The first-order chi connectivity index (χ1) is 5.75. The van der Waals surface area contributed by atoms with E-state index < -0.39 is 0 Å². The Balaban J connectivity index is 2.59. The molecule has 0 bridgehead atoms. The summed E-state index contributed by atoms with van der Waals surface area (Å²) in [4.78, 5) is 11.2. The third-order valence-electron chi connectivity index (χ3n) is 1.39. The van der Waals surface area contributed by atoms with Gasteiger partial charge in [0.1, 0.15) is 11.3 Å². The van der Waals surface area contributed by atoms with Crippen LogP contribution < -0.4 is 5.32 Å². The number of aliphatic hydroxyl groups is 1. The van der Waals surface area contributed by atoms with Crippen molar-refractivity contribution in [1.82, 2.24) is 10.5 Å². The minimum absolute atomic E-state index is 0.0733. The number of amides is 1. The zero-order valence-corrected chi connectivity index (χ0v) is 6.70. The molecule has 1 heterocycles. The largest absolute Gasteiger partial charge is 0.395 e. The van der Waals surface area contributed by atoms with Gasteiger partial charge in [0, 0.05) is 6.54 Å². The quantitative estimate of drug-likeness (QED) is 0.653. The van der Waals surface area contributed by atoms with E-state index in [1.165, 1.54) is 6.20 Å². The molecular formula is C7H10N2O3. The highest BCUT2D eigenvalue weighted by Crippen LogP contribution is 2.04. The summed E-state index contributed by atoms with van der Waals surface area (Å²) in [5.74, 6) is 0.202. The second kappa shape index (κ2) is 3.87. The van der Waals surface area contributed by atoms with E-state index >= 15 is 0 Å². The predicted molar refractivity (Wildman–Crippen MR) is 40.7 cm³/mol. The Morgan fingerprint density at radius 3 is 3.08 bits per heavy atom. The van der Waals surface area contributed by atoms with Gasteiger partial charge in [-0.2, -0.15) is 0 Å². The number of rotatable bonds is 3. The molecule has 0 atom stereocenters. The van der Waals surface area contributed by atoms with Gasteiger partial charge in [0.25, 0.3) is 5.91 Å². The third-order valence-corrected chi connectivity index (χ3v) is 1.39. The highest BCUT2D eigenvalue weighted by molar-refractivity contribution is 5.94. The lowest BCUT2D eigenvalue weighted by atomic mass is 10.2. The van der Waals surface area contributed by atoms with E-state index in [1.54, 1.807) is 6.92 Å². The van der Waals surface area contributed by atoms with Crippen molar-refractivity contribution >= 4 is 5.91 Å². The smallest absolute Gasteiger partial charge is 0.256 e. The van der Waals surface area contributed by atoms with Gasteiger partial charge in [0.05, 0.1) is 12.8 Å². The Labute approximate surface area is 69.4 Å². The van der Waals surface area contributed by atoms with Crippen LogP contribution in [0.4, 0.5) is 0 Å². The first kappa shape index (κ1) is 8.73. The summed E-state index contributed by atoms with van der Waals surface area (Å²) in [5.41, 5.74) is 0.406. The normalized spacial score (nSPS) is 9.83. The SMILES string of the molecule is Cc1oncc1C(=O)NCCO. The summed E-state index contributed by atoms with van der Waals surface area (Å²) in [6, 6.07) is 0. The molecule has 0 aliphatic carbocycles. The maximum atomic E-state index is 11.2. The van der Waals surface area contributed by atoms with Gasteiger partial charge in [-0.25, -0.2) is 0 Å². The first-order valence-electron chi connectivity index (χ1n) is 3.56. The Bertz CT molecular complexity index is 269. The number of nitrogens with zero attached hydrogens (tertiary/aromatic N) is 1. The Morgan fingerprint density at radius 1 is 1.83 bits per heavy atom. The second-order valence-corrected chi connectivity index (χ2v) is 2.28. The number of aliphatic hydroxyl groups excluding tert-OH is 1. The van der Waals surface area contributed by atoms with Gasteiger partial charge >= 0.3 is 0 Å². The fourth-order valence-corrected chi connectivity index (χ4v) is 0.781. The molecule has 5 nitrogen and oxygen atoms in total. The van der Waals surface area contributed by atoms with Crippen LogP contribution in [-0.2, 0) is 0 Å². The lowest BCUT2D eigenvalue weighted by molar-refractivity contribution is 0.0943. The predicted octanol–water partition coefficient (Wildman–Crippen LogP) is -0.295. The molecule has 0 unspecified atom stereocenters. The van der Waals surface area contributed by atoms with Crippen molar-refractivity contribution in [3.05, 3.63) is 17.5 Å². The molecule has 0 saturated carbocycles. The fraction of sp³-hybridized carbons (Fsp3) is 0.429. The van der Waals surface area contributed by atoms with Gasteiger partial charge in [0.15, 0.2) is 0 Å². The van der Waals surface area contributed by atoms with E-state index in [-0.39, 0.29) is 19.1 Å². The molecule has 0 aromatic carbocycles. The Hall–Kier alpha value is -1.36. The molecule has 1 aromatic rings. The van der Waals surface area contributed by atoms with Gasteiger partial charge in [-0.3, -0.25) is 4.79 Å². The van der Waals surface area contributed by atoms with Crippen LogP contribution in [0, 0.1) is 6.92 Å². The van der Waals surface area contributed by atoms with Crippen LogP contribution in [-0.4, -0.2) is 29.3 Å². The van der Waals surface area contributed by atoms with E-state index in [1.807, 2.05) is 0 Å². The summed E-state index contributed by atoms with van der Waals surface area (Å²) < 4.78 is 4.69. The van der Waals surface area contributed by atoms with E-state index in [0.717, 1.165) is 0 Å². The summed E-state index contributed by atoms with van der Waals surface area (Å²) >= 11 is 0. The van der Waals surface area contributed by atoms with Gasteiger partial charge in [-0.05, 0) is 6.92 Å². The van der Waals surface area contributed by atoms with Crippen LogP contribution in [0.5, 0.6) is 0 Å². The molecule has 12 heavy (non-hydrogen) atoms. The van der Waals surface area contributed by atoms with Crippen molar-refractivity contribution in [3.63, 3.8) is 0 Å². The lowest BCUT2D eigenvalue weighted by Crippen LogP contribution is -2.26. The monoisotopic (exact) mass is 170 g/mol. The standard InChI is InChI=1S/C7H10N2O3/c1-5-6(4-9-12-5)7(11)8-2-3-10/h4,10H,2-3H2,1H3,(H,8,11). The average Bonchev–Trinajstić information content (AvgIpc) is 2.47. The van der Waals surface area contributed by atoms with Crippen molar-refractivity contribution in [2.75, 3.05) is 13.2 Å². The number of hydrogen-bond acceptors (Lipinski definition) is 4. The van der Waals surface area contributed by atoms with E-state index in [4.69, 9.17) is 9.63 Å². The van der Waals surface area contributed by atoms with Crippen molar-refractivity contribution < 1.29 is 14.4 Å². The van der Waals surface area contributed by atoms with Crippen molar-refractivity contribution in [1.29, 1.82) is 0 Å². The molecule has 1 rings (SSSR count). The van der Waals surface area contributed by atoms with E-state index in [0.29, 0.717) is 11.3 Å². The summed E-state index contributed by atoms with van der Waals surface area (Å²) in [5, 5.41) is 14.4. The number of aryl methyl sites for hydroxylation is 1. The Kier molecular flexibility index (Phi) is 2.82. The second-order valence-electron chi connectivity index (χ2n) is 2.28. The molecule has 2 N–H and O–H groups in total. The molecular weight excluding hydrogens is 160 g/mol. The number of nitrogens with one attached hydrogen (secondary N) is 1. The van der Waals surface area contributed by atoms with Gasteiger partial charge in [0.2, 0.25) is 0 Å². The highest BCUT2D eigenvalue weighted by atomic mass is 16.5. The minimum atomic E-state index is -0.275. The average molecular weight is 170 g/mol. The molecule has 0 fully saturated rings. The van der Waals surface area contributed by atoms with Crippen LogP contribution in [0.2, 0.25) is 0 Å². The van der Waals surface area contributed by atoms with Gasteiger partial charge in [-0.1, -0.05) is 5.16 Å². The molecule has 0 saturated heterocycles. The number of carbonyl (C=O) groups is 1. The molecule has 0 radical (unpaired) electrons. The fourth-order valence-electron chi connectivity index (χ4n) is 0.781. The zero-order valence-electron chi connectivity index (χ0n) is 6.70.